The standard InChI is InChI=1S/C13H14BrF4NO2/c1-3-21-11(20)12(2,19-7-13(16,17)18)9-5-4-8(15)6-10(9)14/h4-6,19H,3,7H2,1-2H3. The molecular weight excluding hydrogens is 358 g/mol. The molecule has 0 amide bonds. The van der Waals surface area contributed by atoms with E-state index in [4.69, 9.17) is 4.74 Å². The fraction of sp³-hybridized carbons (Fsp3) is 0.462. The number of hydrogen-bond donors (Lipinski definition) is 1. The van der Waals surface area contributed by atoms with Gasteiger partial charge in [0.2, 0.25) is 0 Å². The molecule has 0 heterocycles. The highest BCUT2D eigenvalue weighted by Gasteiger charge is 2.41. The van der Waals surface area contributed by atoms with Gasteiger partial charge in [-0.05, 0) is 31.5 Å². The van der Waals surface area contributed by atoms with Crippen molar-refractivity contribution in [2.24, 2.45) is 0 Å². The normalized spacial score (nSPS) is 14.6. The molecule has 0 aliphatic carbocycles. The zero-order valence-electron chi connectivity index (χ0n) is 11.4. The predicted octanol–water partition coefficient (Wildman–Crippen LogP) is 3.52. The van der Waals surface area contributed by atoms with Gasteiger partial charge in [0.25, 0.3) is 0 Å². The molecule has 118 valence electrons. The maximum atomic E-state index is 13.1. The van der Waals surface area contributed by atoms with Crippen LogP contribution >= 0.6 is 15.9 Å². The molecule has 0 saturated carbocycles. The van der Waals surface area contributed by atoms with Gasteiger partial charge < -0.3 is 4.74 Å². The SMILES string of the molecule is CCOC(=O)C(C)(NCC(F)(F)F)c1ccc(F)cc1Br. The summed E-state index contributed by atoms with van der Waals surface area (Å²) in [6, 6.07) is 3.37. The Balaban J connectivity index is 3.20. The second-order valence-electron chi connectivity index (χ2n) is 4.44. The topological polar surface area (TPSA) is 38.3 Å². The van der Waals surface area contributed by atoms with E-state index < -0.39 is 30.0 Å². The summed E-state index contributed by atoms with van der Waals surface area (Å²) in [4.78, 5) is 12.1. The number of carbonyl (C=O) groups is 1. The summed E-state index contributed by atoms with van der Waals surface area (Å²) in [7, 11) is 0. The largest absolute Gasteiger partial charge is 0.464 e. The average molecular weight is 372 g/mol. The molecule has 0 spiro atoms. The minimum Gasteiger partial charge on any atom is -0.464 e. The molecule has 1 aromatic rings. The number of carbonyl (C=O) groups excluding carboxylic acids is 1. The molecule has 8 heteroatoms. The third kappa shape index (κ3) is 4.67. The first-order valence-corrected chi connectivity index (χ1v) is 6.84. The van der Waals surface area contributed by atoms with Gasteiger partial charge in [-0.25, -0.2) is 9.18 Å². The van der Waals surface area contributed by atoms with Crippen molar-refractivity contribution in [3.05, 3.63) is 34.1 Å². The second-order valence-corrected chi connectivity index (χ2v) is 5.29. The fourth-order valence-corrected chi connectivity index (χ4v) is 2.47. The van der Waals surface area contributed by atoms with E-state index in [0.29, 0.717) is 0 Å². The lowest BCUT2D eigenvalue weighted by molar-refractivity contribution is -0.155. The lowest BCUT2D eigenvalue weighted by Crippen LogP contribution is -2.51. The van der Waals surface area contributed by atoms with E-state index in [1.54, 1.807) is 6.92 Å². The number of alkyl halides is 3. The molecule has 0 aliphatic heterocycles. The van der Waals surface area contributed by atoms with Crippen molar-refractivity contribution in [2.75, 3.05) is 13.2 Å². The van der Waals surface area contributed by atoms with Crippen LogP contribution in [-0.2, 0) is 15.1 Å². The van der Waals surface area contributed by atoms with Crippen LogP contribution in [0, 0.1) is 5.82 Å². The van der Waals surface area contributed by atoms with Crippen LogP contribution in [0.15, 0.2) is 22.7 Å². The molecule has 3 nitrogen and oxygen atoms in total. The molecule has 1 rings (SSSR count). The van der Waals surface area contributed by atoms with Crippen molar-refractivity contribution in [1.82, 2.24) is 5.32 Å². The summed E-state index contributed by atoms with van der Waals surface area (Å²) in [5.74, 6) is -1.45. The Morgan fingerprint density at radius 2 is 2.00 bits per heavy atom. The van der Waals surface area contributed by atoms with E-state index >= 15 is 0 Å². The van der Waals surface area contributed by atoms with Crippen LogP contribution in [0.25, 0.3) is 0 Å². The number of hydrogen-bond acceptors (Lipinski definition) is 3. The number of nitrogens with one attached hydrogen (secondary N) is 1. The molecule has 0 aliphatic rings. The summed E-state index contributed by atoms with van der Waals surface area (Å²) in [5, 5.41) is 2.15. The van der Waals surface area contributed by atoms with Gasteiger partial charge in [0.15, 0.2) is 0 Å². The Hall–Kier alpha value is -1.15. The van der Waals surface area contributed by atoms with Crippen LogP contribution in [0.2, 0.25) is 0 Å². The van der Waals surface area contributed by atoms with E-state index in [2.05, 4.69) is 21.2 Å². The smallest absolute Gasteiger partial charge is 0.401 e. The quantitative estimate of drug-likeness (QED) is 0.635. The van der Waals surface area contributed by atoms with Crippen LogP contribution in [0.1, 0.15) is 19.4 Å². The fourth-order valence-electron chi connectivity index (χ4n) is 1.72. The highest BCUT2D eigenvalue weighted by atomic mass is 79.9. The van der Waals surface area contributed by atoms with Gasteiger partial charge in [0.1, 0.15) is 11.4 Å². The molecule has 1 N–H and O–H groups in total. The highest BCUT2D eigenvalue weighted by molar-refractivity contribution is 9.10. The van der Waals surface area contributed by atoms with E-state index in [1.807, 2.05) is 0 Å². The Morgan fingerprint density at radius 1 is 1.38 bits per heavy atom. The summed E-state index contributed by atoms with van der Waals surface area (Å²) in [6.07, 6.45) is -4.50. The number of halogens is 5. The molecule has 0 saturated heterocycles. The van der Waals surface area contributed by atoms with Crippen LogP contribution in [0.4, 0.5) is 17.6 Å². The summed E-state index contributed by atoms with van der Waals surface area (Å²) in [6.45, 7) is 1.43. The van der Waals surface area contributed by atoms with Crippen molar-refractivity contribution < 1.29 is 27.1 Å². The summed E-state index contributed by atoms with van der Waals surface area (Å²) < 4.78 is 55.4. The Bertz CT molecular complexity index is 521. The van der Waals surface area contributed by atoms with Crippen molar-refractivity contribution in [2.45, 2.75) is 25.6 Å². The number of benzene rings is 1. The minimum atomic E-state index is -4.50. The molecule has 21 heavy (non-hydrogen) atoms. The highest BCUT2D eigenvalue weighted by Crippen LogP contribution is 2.31. The van der Waals surface area contributed by atoms with Gasteiger partial charge in [-0.1, -0.05) is 22.0 Å². The van der Waals surface area contributed by atoms with Crippen molar-refractivity contribution in [3.8, 4) is 0 Å². The first kappa shape index (κ1) is 17.9. The number of esters is 1. The molecule has 0 bridgehead atoms. The summed E-state index contributed by atoms with van der Waals surface area (Å²) >= 11 is 3.05. The van der Waals surface area contributed by atoms with Gasteiger partial charge in [-0.15, -0.1) is 0 Å². The van der Waals surface area contributed by atoms with Crippen molar-refractivity contribution in [3.63, 3.8) is 0 Å². The Labute approximate surface area is 127 Å². The maximum Gasteiger partial charge on any atom is 0.401 e. The van der Waals surface area contributed by atoms with E-state index in [0.717, 1.165) is 12.1 Å². The van der Waals surface area contributed by atoms with Crippen LogP contribution in [-0.4, -0.2) is 25.3 Å². The van der Waals surface area contributed by atoms with Gasteiger partial charge >= 0.3 is 12.1 Å². The molecule has 0 radical (unpaired) electrons. The van der Waals surface area contributed by atoms with Crippen molar-refractivity contribution >= 4 is 21.9 Å². The van der Waals surface area contributed by atoms with Gasteiger partial charge in [-0.2, -0.15) is 13.2 Å². The Morgan fingerprint density at radius 3 is 2.48 bits per heavy atom. The first-order valence-electron chi connectivity index (χ1n) is 6.04. The predicted molar refractivity (Wildman–Crippen MR) is 72.1 cm³/mol. The molecule has 1 unspecified atom stereocenters. The Kier molecular flexibility index (Phi) is 5.75. The lowest BCUT2D eigenvalue weighted by atomic mass is 9.92. The van der Waals surface area contributed by atoms with Crippen LogP contribution < -0.4 is 5.32 Å². The monoisotopic (exact) mass is 371 g/mol. The second kappa shape index (κ2) is 6.74. The van der Waals surface area contributed by atoms with Gasteiger partial charge in [0, 0.05) is 4.47 Å². The summed E-state index contributed by atoms with van der Waals surface area (Å²) in [5.41, 5.74) is -1.59. The number of rotatable bonds is 5. The zero-order valence-corrected chi connectivity index (χ0v) is 12.9. The van der Waals surface area contributed by atoms with Crippen LogP contribution in [0.5, 0.6) is 0 Å². The van der Waals surface area contributed by atoms with E-state index in [9.17, 15) is 22.4 Å². The van der Waals surface area contributed by atoms with E-state index in [1.165, 1.54) is 13.0 Å². The zero-order chi connectivity index (χ0) is 16.3. The molecule has 0 fully saturated rings. The lowest BCUT2D eigenvalue weighted by Gasteiger charge is -2.30. The minimum absolute atomic E-state index is 0.0148. The van der Waals surface area contributed by atoms with Gasteiger partial charge in [0.05, 0.1) is 13.2 Å². The third-order valence-electron chi connectivity index (χ3n) is 2.80. The first-order chi connectivity index (χ1) is 9.60. The molecular formula is C13H14BrF4NO2. The van der Waals surface area contributed by atoms with Gasteiger partial charge in [-0.3, -0.25) is 5.32 Å². The number of ether oxygens (including phenoxy) is 1. The molecule has 0 aromatic heterocycles. The van der Waals surface area contributed by atoms with Crippen LogP contribution in [0.3, 0.4) is 0 Å². The third-order valence-corrected chi connectivity index (χ3v) is 3.45. The molecule has 1 atom stereocenters. The average Bonchev–Trinajstić information content (AvgIpc) is 2.35. The van der Waals surface area contributed by atoms with E-state index in [-0.39, 0.29) is 16.6 Å². The van der Waals surface area contributed by atoms with Crippen molar-refractivity contribution in [1.29, 1.82) is 0 Å². The molecule has 1 aromatic carbocycles. The maximum absolute atomic E-state index is 13.1.